The molecule has 0 spiro atoms. The van der Waals surface area contributed by atoms with Crippen LogP contribution in [0.25, 0.3) is 0 Å². The summed E-state index contributed by atoms with van der Waals surface area (Å²) in [4.78, 5) is 26.2. The summed E-state index contributed by atoms with van der Waals surface area (Å²) in [5.74, 6) is 0.101. The monoisotopic (exact) mass is 319 g/mol. The Hall–Kier alpha value is -2.08. The van der Waals surface area contributed by atoms with Gasteiger partial charge < -0.3 is 20.7 Å². The molecule has 1 fully saturated rings. The Morgan fingerprint density at radius 1 is 1.43 bits per heavy atom. The summed E-state index contributed by atoms with van der Waals surface area (Å²) in [7, 11) is 0. The van der Waals surface area contributed by atoms with Crippen molar-refractivity contribution < 1.29 is 14.3 Å². The maximum absolute atomic E-state index is 12.3. The first-order valence-corrected chi connectivity index (χ1v) is 7.90. The number of rotatable bonds is 6. The van der Waals surface area contributed by atoms with E-state index in [2.05, 4.69) is 5.32 Å². The minimum atomic E-state index is -0.473. The molecule has 3 N–H and O–H groups in total. The van der Waals surface area contributed by atoms with Gasteiger partial charge in [-0.3, -0.25) is 9.59 Å². The number of nitrogens with two attached hydrogens (primary N) is 1. The Bertz CT molecular complexity index is 581. The molecular weight excluding hydrogens is 294 g/mol. The Morgan fingerprint density at radius 3 is 2.78 bits per heavy atom. The fraction of sp³-hybridized carbons (Fsp3) is 0.529. The Morgan fingerprint density at radius 2 is 2.13 bits per heavy atom. The zero-order valence-electron chi connectivity index (χ0n) is 14.0. The fourth-order valence-electron chi connectivity index (χ4n) is 2.53. The maximum atomic E-state index is 12.3. The summed E-state index contributed by atoms with van der Waals surface area (Å²) in [5.41, 5.74) is 6.12. The fourth-order valence-corrected chi connectivity index (χ4v) is 2.53. The van der Waals surface area contributed by atoms with Gasteiger partial charge in [0, 0.05) is 25.0 Å². The Balaban J connectivity index is 2.07. The van der Waals surface area contributed by atoms with Gasteiger partial charge in [0.05, 0.1) is 18.2 Å². The third kappa shape index (κ3) is 4.45. The van der Waals surface area contributed by atoms with Crippen LogP contribution in [0, 0.1) is 5.92 Å². The highest BCUT2D eigenvalue weighted by atomic mass is 16.5. The number of nitrogens with one attached hydrogen (secondary N) is 1. The van der Waals surface area contributed by atoms with E-state index in [1.54, 1.807) is 4.90 Å². The lowest BCUT2D eigenvalue weighted by Gasteiger charge is -2.21. The average Bonchev–Trinajstić information content (AvgIpc) is 2.87. The number of para-hydroxylation sites is 2. The van der Waals surface area contributed by atoms with Crippen LogP contribution in [0.3, 0.4) is 0 Å². The van der Waals surface area contributed by atoms with Gasteiger partial charge in [0.2, 0.25) is 11.8 Å². The van der Waals surface area contributed by atoms with Gasteiger partial charge in [-0.1, -0.05) is 12.1 Å². The average molecular weight is 319 g/mol. The molecule has 1 atom stereocenters. The van der Waals surface area contributed by atoms with Gasteiger partial charge in [0.15, 0.2) is 0 Å². The molecule has 0 radical (unpaired) electrons. The molecule has 1 aliphatic rings. The molecular formula is C17H25N3O3. The first kappa shape index (κ1) is 17.3. The van der Waals surface area contributed by atoms with Gasteiger partial charge in [0.25, 0.3) is 0 Å². The second-order valence-electron chi connectivity index (χ2n) is 6.51. The topological polar surface area (TPSA) is 84.7 Å². The summed E-state index contributed by atoms with van der Waals surface area (Å²) >= 11 is 0. The zero-order chi connectivity index (χ0) is 17.0. The number of carbonyl (C=O) groups is 2. The van der Waals surface area contributed by atoms with Crippen molar-refractivity contribution >= 4 is 17.5 Å². The minimum absolute atomic E-state index is 0.0655. The molecule has 1 saturated heterocycles. The van der Waals surface area contributed by atoms with E-state index in [9.17, 15) is 9.59 Å². The van der Waals surface area contributed by atoms with Crippen molar-refractivity contribution in [2.45, 2.75) is 32.7 Å². The number of hydrogen-bond donors (Lipinski definition) is 2. The summed E-state index contributed by atoms with van der Waals surface area (Å²) in [6, 6.07) is 7.39. The molecule has 0 bridgehead atoms. The predicted octanol–water partition coefficient (Wildman–Crippen LogP) is 1.29. The minimum Gasteiger partial charge on any atom is -0.492 e. The molecule has 6 nitrogen and oxygen atoms in total. The molecule has 1 aliphatic heterocycles. The number of anilines is 1. The SMILES string of the molecule is CCOc1ccccc1N1CC(C(=O)NCC(C)(C)N)CC1=O. The second-order valence-corrected chi connectivity index (χ2v) is 6.51. The van der Waals surface area contributed by atoms with Crippen LogP contribution in [-0.4, -0.2) is 37.0 Å². The predicted molar refractivity (Wildman–Crippen MR) is 89.3 cm³/mol. The van der Waals surface area contributed by atoms with Gasteiger partial charge >= 0.3 is 0 Å². The van der Waals surface area contributed by atoms with E-state index in [1.165, 1.54) is 0 Å². The smallest absolute Gasteiger partial charge is 0.227 e. The van der Waals surface area contributed by atoms with Gasteiger partial charge in [-0.2, -0.15) is 0 Å². The van der Waals surface area contributed by atoms with E-state index in [1.807, 2.05) is 45.0 Å². The van der Waals surface area contributed by atoms with Crippen molar-refractivity contribution in [2.75, 3.05) is 24.6 Å². The van der Waals surface area contributed by atoms with Crippen LogP contribution >= 0.6 is 0 Å². The highest BCUT2D eigenvalue weighted by molar-refractivity contribution is 6.01. The molecule has 0 aliphatic carbocycles. The highest BCUT2D eigenvalue weighted by Crippen LogP contribution is 2.33. The van der Waals surface area contributed by atoms with E-state index in [0.29, 0.717) is 31.1 Å². The summed E-state index contributed by atoms with van der Waals surface area (Å²) < 4.78 is 5.57. The molecule has 2 amide bonds. The lowest BCUT2D eigenvalue weighted by atomic mass is 10.1. The number of amides is 2. The zero-order valence-corrected chi connectivity index (χ0v) is 14.0. The van der Waals surface area contributed by atoms with Crippen molar-refractivity contribution in [3.05, 3.63) is 24.3 Å². The van der Waals surface area contributed by atoms with Crippen LogP contribution < -0.4 is 20.7 Å². The molecule has 1 aromatic carbocycles. The molecule has 1 unspecified atom stereocenters. The molecule has 0 saturated carbocycles. The number of benzene rings is 1. The van der Waals surface area contributed by atoms with E-state index in [0.717, 1.165) is 0 Å². The largest absolute Gasteiger partial charge is 0.492 e. The van der Waals surface area contributed by atoms with Gasteiger partial charge in [0.1, 0.15) is 5.75 Å². The third-order valence-electron chi connectivity index (χ3n) is 3.67. The number of hydrogen-bond acceptors (Lipinski definition) is 4. The van der Waals surface area contributed by atoms with Crippen molar-refractivity contribution in [3.63, 3.8) is 0 Å². The summed E-state index contributed by atoms with van der Waals surface area (Å²) in [5, 5.41) is 2.82. The highest BCUT2D eigenvalue weighted by Gasteiger charge is 2.36. The molecule has 1 aromatic rings. The maximum Gasteiger partial charge on any atom is 0.227 e. The van der Waals surface area contributed by atoms with Gasteiger partial charge in [-0.15, -0.1) is 0 Å². The van der Waals surface area contributed by atoms with Crippen LogP contribution in [0.5, 0.6) is 5.75 Å². The molecule has 2 rings (SSSR count). The van der Waals surface area contributed by atoms with Crippen LogP contribution in [0.15, 0.2) is 24.3 Å². The number of nitrogens with zero attached hydrogens (tertiary/aromatic N) is 1. The first-order valence-electron chi connectivity index (χ1n) is 7.90. The third-order valence-corrected chi connectivity index (χ3v) is 3.67. The Labute approximate surface area is 137 Å². The van der Waals surface area contributed by atoms with E-state index in [4.69, 9.17) is 10.5 Å². The van der Waals surface area contributed by atoms with Crippen LogP contribution in [0.2, 0.25) is 0 Å². The van der Waals surface area contributed by atoms with Crippen molar-refractivity contribution in [2.24, 2.45) is 11.7 Å². The van der Waals surface area contributed by atoms with Crippen molar-refractivity contribution in [1.29, 1.82) is 0 Å². The standard InChI is InChI=1S/C17H25N3O3/c1-4-23-14-8-6-5-7-13(14)20-10-12(9-15(20)21)16(22)19-11-17(2,3)18/h5-8,12H,4,9-11,18H2,1-3H3,(H,19,22). The van der Waals surface area contributed by atoms with E-state index < -0.39 is 5.54 Å². The van der Waals surface area contributed by atoms with Crippen molar-refractivity contribution in [3.8, 4) is 5.75 Å². The molecule has 1 heterocycles. The molecule has 0 aromatic heterocycles. The number of carbonyl (C=O) groups excluding carboxylic acids is 2. The van der Waals surface area contributed by atoms with Crippen LogP contribution in [-0.2, 0) is 9.59 Å². The first-order chi connectivity index (χ1) is 10.8. The number of ether oxygens (including phenoxy) is 1. The Kier molecular flexibility index (Phi) is 5.26. The van der Waals surface area contributed by atoms with Crippen LogP contribution in [0.4, 0.5) is 5.69 Å². The normalized spacial score (nSPS) is 18.2. The quantitative estimate of drug-likeness (QED) is 0.827. The van der Waals surface area contributed by atoms with Gasteiger partial charge in [-0.25, -0.2) is 0 Å². The second kappa shape index (κ2) is 7.00. The van der Waals surface area contributed by atoms with Crippen molar-refractivity contribution in [1.82, 2.24) is 5.32 Å². The summed E-state index contributed by atoms with van der Waals surface area (Å²) in [6.45, 7) is 6.85. The summed E-state index contributed by atoms with van der Waals surface area (Å²) in [6.07, 6.45) is 0.206. The molecule has 6 heteroatoms. The van der Waals surface area contributed by atoms with Crippen LogP contribution in [0.1, 0.15) is 27.2 Å². The van der Waals surface area contributed by atoms with E-state index in [-0.39, 0.29) is 24.2 Å². The molecule has 23 heavy (non-hydrogen) atoms. The lowest BCUT2D eigenvalue weighted by Crippen LogP contribution is -2.46. The van der Waals surface area contributed by atoms with Gasteiger partial charge in [-0.05, 0) is 32.9 Å². The molecule has 126 valence electrons. The lowest BCUT2D eigenvalue weighted by molar-refractivity contribution is -0.126. The van der Waals surface area contributed by atoms with E-state index >= 15 is 0 Å².